The van der Waals surface area contributed by atoms with Crippen LogP contribution in [0.3, 0.4) is 0 Å². The van der Waals surface area contributed by atoms with Gasteiger partial charge in [0.2, 0.25) is 0 Å². The molecule has 0 aliphatic rings. The van der Waals surface area contributed by atoms with E-state index in [1.54, 1.807) is 24.5 Å². The molecule has 0 unspecified atom stereocenters. The lowest BCUT2D eigenvalue weighted by atomic mass is 10.2. The fraction of sp³-hybridized carbons (Fsp3) is 0.235. The number of aromatic nitrogens is 2. The Kier molecular flexibility index (Phi) is 4.71. The van der Waals surface area contributed by atoms with Gasteiger partial charge in [-0.2, -0.15) is 0 Å². The molecular weight excluding hydrogens is 365 g/mol. The highest BCUT2D eigenvalue weighted by Gasteiger charge is 2.23. The van der Waals surface area contributed by atoms with Crippen molar-refractivity contribution < 1.29 is 12.8 Å². The fourth-order valence-corrected chi connectivity index (χ4v) is 4.12. The molecule has 3 aromatic rings. The van der Waals surface area contributed by atoms with Crippen LogP contribution in [-0.4, -0.2) is 18.0 Å². The van der Waals surface area contributed by atoms with Gasteiger partial charge in [0.15, 0.2) is 0 Å². The highest BCUT2D eigenvalue weighted by atomic mass is 35.5. The normalized spacial score (nSPS) is 12.0. The van der Waals surface area contributed by atoms with E-state index in [1.807, 2.05) is 18.4 Å². The Balaban J connectivity index is 2.10. The Labute approximate surface area is 150 Å². The lowest BCUT2D eigenvalue weighted by molar-refractivity contribution is 0.530. The molecule has 0 spiro atoms. The zero-order chi connectivity index (χ0) is 18.2. The summed E-state index contributed by atoms with van der Waals surface area (Å²) in [7, 11) is -3.96. The minimum atomic E-state index is -3.96. The topological polar surface area (TPSA) is 64.0 Å². The van der Waals surface area contributed by atoms with Gasteiger partial charge < -0.3 is 4.57 Å². The number of pyridine rings is 1. The molecule has 25 heavy (non-hydrogen) atoms. The molecule has 5 nitrogen and oxygen atoms in total. The Morgan fingerprint density at radius 3 is 2.80 bits per heavy atom. The maximum atomic E-state index is 13.4. The molecule has 8 heteroatoms. The Bertz CT molecular complexity index is 1030. The number of fused-ring (bicyclic) bond motifs is 1. The van der Waals surface area contributed by atoms with Crippen LogP contribution in [0.4, 0.5) is 10.1 Å². The summed E-state index contributed by atoms with van der Waals surface area (Å²) in [6, 6.07) is 6.89. The van der Waals surface area contributed by atoms with E-state index in [4.69, 9.17) is 11.6 Å². The number of anilines is 1. The SMILES string of the molecule is CC(C)Cn1cc(S(=O)(=O)Nc2cc(F)ccc2Cl)c2cccnc21. The van der Waals surface area contributed by atoms with Gasteiger partial charge in [-0.3, -0.25) is 4.72 Å². The summed E-state index contributed by atoms with van der Waals surface area (Å²) in [6.45, 7) is 4.70. The van der Waals surface area contributed by atoms with Gasteiger partial charge in [-0.1, -0.05) is 25.4 Å². The average molecular weight is 382 g/mol. The minimum Gasteiger partial charge on any atom is -0.331 e. The second-order valence-electron chi connectivity index (χ2n) is 6.14. The summed E-state index contributed by atoms with van der Waals surface area (Å²) in [6.07, 6.45) is 3.17. The molecular formula is C17H17ClFN3O2S. The van der Waals surface area contributed by atoms with Crippen LogP contribution in [-0.2, 0) is 16.6 Å². The van der Waals surface area contributed by atoms with E-state index in [0.29, 0.717) is 23.5 Å². The van der Waals surface area contributed by atoms with Crippen LogP contribution < -0.4 is 4.72 Å². The number of nitrogens with one attached hydrogen (secondary N) is 1. The van der Waals surface area contributed by atoms with Crippen molar-refractivity contribution in [2.24, 2.45) is 5.92 Å². The van der Waals surface area contributed by atoms with Gasteiger partial charge >= 0.3 is 0 Å². The number of nitrogens with zero attached hydrogens (tertiary/aromatic N) is 2. The van der Waals surface area contributed by atoms with Gasteiger partial charge in [-0.05, 0) is 36.2 Å². The Hall–Kier alpha value is -2.12. The largest absolute Gasteiger partial charge is 0.331 e. The molecule has 3 rings (SSSR count). The average Bonchev–Trinajstić information content (AvgIpc) is 2.90. The zero-order valence-corrected chi connectivity index (χ0v) is 15.3. The van der Waals surface area contributed by atoms with Crippen LogP contribution in [0, 0.1) is 11.7 Å². The van der Waals surface area contributed by atoms with Gasteiger partial charge in [0, 0.05) is 24.3 Å². The third kappa shape index (κ3) is 3.62. The number of hydrogen-bond donors (Lipinski definition) is 1. The molecule has 0 amide bonds. The summed E-state index contributed by atoms with van der Waals surface area (Å²) in [4.78, 5) is 4.37. The first kappa shape index (κ1) is 17.7. The van der Waals surface area contributed by atoms with Crippen molar-refractivity contribution in [1.29, 1.82) is 0 Å². The monoisotopic (exact) mass is 381 g/mol. The molecule has 0 aliphatic heterocycles. The summed E-state index contributed by atoms with van der Waals surface area (Å²) in [5, 5.41) is 0.622. The van der Waals surface area contributed by atoms with Crippen LogP contribution in [0.1, 0.15) is 13.8 Å². The van der Waals surface area contributed by atoms with Gasteiger partial charge in [-0.25, -0.2) is 17.8 Å². The van der Waals surface area contributed by atoms with Crippen LogP contribution in [0.15, 0.2) is 47.6 Å². The molecule has 0 atom stereocenters. The molecule has 0 radical (unpaired) electrons. The zero-order valence-electron chi connectivity index (χ0n) is 13.7. The van der Waals surface area contributed by atoms with Crippen LogP contribution in [0.5, 0.6) is 0 Å². The molecule has 2 heterocycles. The molecule has 0 saturated heterocycles. The molecule has 1 aromatic carbocycles. The second kappa shape index (κ2) is 6.65. The van der Waals surface area contributed by atoms with Crippen molar-refractivity contribution in [3.63, 3.8) is 0 Å². The van der Waals surface area contributed by atoms with E-state index in [-0.39, 0.29) is 15.6 Å². The second-order valence-corrected chi connectivity index (χ2v) is 8.20. The molecule has 2 aromatic heterocycles. The van der Waals surface area contributed by atoms with Crippen LogP contribution >= 0.6 is 11.6 Å². The number of sulfonamides is 1. The number of rotatable bonds is 5. The van der Waals surface area contributed by atoms with E-state index in [2.05, 4.69) is 9.71 Å². The van der Waals surface area contributed by atoms with E-state index in [1.165, 1.54) is 12.1 Å². The van der Waals surface area contributed by atoms with Crippen molar-refractivity contribution >= 4 is 38.3 Å². The highest BCUT2D eigenvalue weighted by Crippen LogP contribution is 2.29. The summed E-state index contributed by atoms with van der Waals surface area (Å²) in [5.41, 5.74) is 0.581. The van der Waals surface area contributed by atoms with Crippen molar-refractivity contribution in [3.05, 3.63) is 53.6 Å². The van der Waals surface area contributed by atoms with E-state index in [0.717, 1.165) is 6.07 Å². The molecule has 0 aliphatic carbocycles. The first-order chi connectivity index (χ1) is 11.8. The fourth-order valence-electron chi connectivity index (χ4n) is 2.61. The third-order valence-corrected chi connectivity index (χ3v) is 5.34. The van der Waals surface area contributed by atoms with E-state index < -0.39 is 15.8 Å². The minimum absolute atomic E-state index is 0.00434. The standard InChI is InChI=1S/C17H17ClFN3O2S/c1-11(2)9-22-10-16(13-4-3-7-20-17(13)22)25(23,24)21-15-8-12(19)5-6-14(15)18/h3-8,10-11,21H,9H2,1-2H3. The summed E-state index contributed by atoms with van der Waals surface area (Å²) < 4.78 is 43.3. The smallest absolute Gasteiger partial charge is 0.264 e. The van der Waals surface area contributed by atoms with Crippen molar-refractivity contribution in [3.8, 4) is 0 Å². The predicted molar refractivity (Wildman–Crippen MR) is 96.8 cm³/mol. The molecule has 0 bridgehead atoms. The molecule has 1 N–H and O–H groups in total. The number of hydrogen-bond acceptors (Lipinski definition) is 3. The molecule has 0 fully saturated rings. The predicted octanol–water partition coefficient (Wildman–Crippen LogP) is 4.29. The van der Waals surface area contributed by atoms with Crippen molar-refractivity contribution in [1.82, 2.24) is 9.55 Å². The first-order valence-corrected chi connectivity index (χ1v) is 9.56. The Morgan fingerprint density at radius 1 is 1.32 bits per heavy atom. The van der Waals surface area contributed by atoms with Gasteiger partial charge in [0.05, 0.1) is 10.7 Å². The molecule has 132 valence electrons. The van der Waals surface area contributed by atoms with E-state index in [9.17, 15) is 12.8 Å². The molecule has 0 saturated carbocycles. The summed E-state index contributed by atoms with van der Waals surface area (Å²) >= 11 is 5.97. The maximum Gasteiger partial charge on any atom is 0.264 e. The highest BCUT2D eigenvalue weighted by molar-refractivity contribution is 7.93. The van der Waals surface area contributed by atoms with Gasteiger partial charge in [0.25, 0.3) is 10.0 Å². The maximum absolute atomic E-state index is 13.4. The lowest BCUT2D eigenvalue weighted by Gasteiger charge is -2.09. The number of halogens is 2. The quantitative estimate of drug-likeness (QED) is 0.717. The lowest BCUT2D eigenvalue weighted by Crippen LogP contribution is -2.13. The van der Waals surface area contributed by atoms with Crippen molar-refractivity contribution in [2.45, 2.75) is 25.3 Å². The first-order valence-electron chi connectivity index (χ1n) is 7.69. The third-order valence-electron chi connectivity index (χ3n) is 3.62. The summed E-state index contributed by atoms with van der Waals surface area (Å²) in [5.74, 6) is -0.259. The van der Waals surface area contributed by atoms with Crippen molar-refractivity contribution in [2.75, 3.05) is 4.72 Å². The van der Waals surface area contributed by atoms with Crippen LogP contribution in [0.2, 0.25) is 5.02 Å². The van der Waals surface area contributed by atoms with Crippen LogP contribution in [0.25, 0.3) is 11.0 Å². The number of benzene rings is 1. The Morgan fingerprint density at radius 2 is 2.08 bits per heavy atom. The van der Waals surface area contributed by atoms with E-state index >= 15 is 0 Å². The van der Waals surface area contributed by atoms with Gasteiger partial charge in [-0.15, -0.1) is 0 Å². The van der Waals surface area contributed by atoms with Gasteiger partial charge in [0.1, 0.15) is 16.4 Å².